The molecule has 1 aliphatic rings. The van der Waals surface area contributed by atoms with Crippen LogP contribution in [-0.2, 0) is 9.47 Å². The Morgan fingerprint density at radius 1 is 1.37 bits per heavy atom. The van der Waals surface area contributed by atoms with E-state index in [1.807, 2.05) is 24.5 Å². The third kappa shape index (κ3) is 4.39. The predicted octanol–water partition coefficient (Wildman–Crippen LogP) is 4.27. The minimum atomic E-state index is 0.298. The largest absolute Gasteiger partial charge is 0.501 e. The molecule has 1 fully saturated rings. The van der Waals surface area contributed by atoms with Crippen LogP contribution in [0.15, 0.2) is 36.6 Å². The van der Waals surface area contributed by atoms with Gasteiger partial charge in [0.25, 0.3) is 0 Å². The molecule has 0 radical (unpaired) electrons. The van der Waals surface area contributed by atoms with Crippen molar-refractivity contribution >= 4 is 5.57 Å². The molecule has 0 N–H and O–H groups in total. The van der Waals surface area contributed by atoms with E-state index in [0.29, 0.717) is 5.41 Å². The molecular formula is C17H24O2. The first-order chi connectivity index (χ1) is 9.20. The summed E-state index contributed by atoms with van der Waals surface area (Å²) in [6.45, 7) is 6.94. The van der Waals surface area contributed by atoms with Gasteiger partial charge < -0.3 is 9.47 Å². The Kier molecular flexibility index (Phi) is 5.03. The molecule has 1 aliphatic heterocycles. The van der Waals surface area contributed by atoms with E-state index >= 15 is 0 Å². The summed E-state index contributed by atoms with van der Waals surface area (Å²) in [4.78, 5) is 0. The van der Waals surface area contributed by atoms with Gasteiger partial charge in [0.05, 0.1) is 19.5 Å². The Morgan fingerprint density at radius 2 is 2.16 bits per heavy atom. The maximum absolute atomic E-state index is 5.70. The summed E-state index contributed by atoms with van der Waals surface area (Å²) in [5.74, 6) is 0. The van der Waals surface area contributed by atoms with Crippen LogP contribution in [0.4, 0.5) is 0 Å². The van der Waals surface area contributed by atoms with Gasteiger partial charge >= 0.3 is 0 Å². The molecule has 1 saturated heterocycles. The maximum atomic E-state index is 5.70. The maximum Gasteiger partial charge on any atom is 0.0879 e. The Hall–Kier alpha value is -1.28. The molecule has 2 rings (SSSR count). The summed E-state index contributed by atoms with van der Waals surface area (Å²) in [5.41, 5.74) is 2.69. The van der Waals surface area contributed by atoms with Gasteiger partial charge in [-0.3, -0.25) is 0 Å². The van der Waals surface area contributed by atoms with E-state index < -0.39 is 0 Å². The van der Waals surface area contributed by atoms with Crippen LogP contribution >= 0.6 is 0 Å². The van der Waals surface area contributed by atoms with E-state index in [9.17, 15) is 0 Å². The Labute approximate surface area is 116 Å². The zero-order valence-electron chi connectivity index (χ0n) is 12.0. The van der Waals surface area contributed by atoms with E-state index in [0.717, 1.165) is 26.2 Å². The van der Waals surface area contributed by atoms with Crippen LogP contribution in [0, 0.1) is 5.41 Å². The van der Waals surface area contributed by atoms with Crippen molar-refractivity contribution in [3.05, 3.63) is 42.2 Å². The Bertz CT molecular complexity index is 403. The molecule has 0 amide bonds. The van der Waals surface area contributed by atoms with Crippen LogP contribution in [0.5, 0.6) is 0 Å². The summed E-state index contributed by atoms with van der Waals surface area (Å²) in [6, 6.07) is 10.3. The zero-order valence-corrected chi connectivity index (χ0v) is 12.0. The fourth-order valence-electron chi connectivity index (χ4n) is 2.45. The lowest BCUT2D eigenvalue weighted by molar-refractivity contribution is -0.0107. The predicted molar refractivity (Wildman–Crippen MR) is 78.8 cm³/mol. The fraction of sp³-hybridized carbons (Fsp3) is 0.529. The first kappa shape index (κ1) is 14.1. The molecule has 0 bridgehead atoms. The average molecular weight is 260 g/mol. The second kappa shape index (κ2) is 6.76. The van der Waals surface area contributed by atoms with Gasteiger partial charge in [-0.15, -0.1) is 0 Å². The van der Waals surface area contributed by atoms with Gasteiger partial charge in [-0.2, -0.15) is 0 Å². The third-order valence-electron chi connectivity index (χ3n) is 3.83. The molecule has 2 heteroatoms. The van der Waals surface area contributed by atoms with Crippen LogP contribution in [0.3, 0.4) is 0 Å². The lowest BCUT2D eigenvalue weighted by Crippen LogP contribution is -2.29. The van der Waals surface area contributed by atoms with E-state index in [1.165, 1.54) is 24.0 Å². The summed E-state index contributed by atoms with van der Waals surface area (Å²) < 4.78 is 11.3. The van der Waals surface area contributed by atoms with Crippen LogP contribution in [0.2, 0.25) is 0 Å². The van der Waals surface area contributed by atoms with Crippen molar-refractivity contribution < 1.29 is 9.47 Å². The third-order valence-corrected chi connectivity index (χ3v) is 3.83. The van der Waals surface area contributed by atoms with E-state index in [-0.39, 0.29) is 0 Å². The minimum Gasteiger partial charge on any atom is -0.501 e. The quantitative estimate of drug-likeness (QED) is 0.581. The van der Waals surface area contributed by atoms with Crippen LogP contribution in [0.25, 0.3) is 5.57 Å². The highest BCUT2D eigenvalue weighted by molar-refractivity contribution is 5.62. The van der Waals surface area contributed by atoms with Crippen molar-refractivity contribution in [1.82, 2.24) is 0 Å². The summed E-state index contributed by atoms with van der Waals surface area (Å²) in [7, 11) is 0. The van der Waals surface area contributed by atoms with Gasteiger partial charge in [0.2, 0.25) is 0 Å². The standard InChI is InChI=1S/C17H24O2/c1-15(16-7-4-3-5-8-16)13-18-12-10-17(2)9-6-11-19-14-17/h3-5,7-8,13H,6,9-12,14H2,1-2H3/b15-13-. The molecule has 104 valence electrons. The monoisotopic (exact) mass is 260 g/mol. The topological polar surface area (TPSA) is 18.5 Å². The van der Waals surface area contributed by atoms with Crippen molar-refractivity contribution in [1.29, 1.82) is 0 Å². The summed E-state index contributed by atoms with van der Waals surface area (Å²) in [6.07, 6.45) is 5.36. The lowest BCUT2D eigenvalue weighted by atomic mass is 9.82. The molecule has 1 aromatic carbocycles. The van der Waals surface area contributed by atoms with Gasteiger partial charge in [-0.05, 0) is 42.7 Å². The number of hydrogen-bond acceptors (Lipinski definition) is 2. The summed E-state index contributed by atoms with van der Waals surface area (Å²) in [5, 5.41) is 0. The lowest BCUT2D eigenvalue weighted by Gasteiger charge is -2.33. The second-order valence-electron chi connectivity index (χ2n) is 5.75. The molecule has 0 aliphatic carbocycles. The smallest absolute Gasteiger partial charge is 0.0879 e. The minimum absolute atomic E-state index is 0.298. The van der Waals surface area contributed by atoms with Gasteiger partial charge in [-0.1, -0.05) is 37.3 Å². The van der Waals surface area contributed by atoms with Gasteiger partial charge in [0, 0.05) is 6.61 Å². The van der Waals surface area contributed by atoms with Crippen molar-refractivity contribution in [3.63, 3.8) is 0 Å². The SMILES string of the molecule is C/C(=C/OCCC1(C)CCCOC1)c1ccccc1. The first-order valence-corrected chi connectivity index (χ1v) is 7.11. The van der Waals surface area contributed by atoms with Crippen LogP contribution in [-0.4, -0.2) is 19.8 Å². The normalized spacial score (nSPS) is 24.2. The van der Waals surface area contributed by atoms with Gasteiger partial charge in [-0.25, -0.2) is 0 Å². The number of allylic oxidation sites excluding steroid dienone is 1. The van der Waals surface area contributed by atoms with Crippen LogP contribution < -0.4 is 0 Å². The van der Waals surface area contributed by atoms with E-state index in [2.05, 4.69) is 26.0 Å². The number of hydrogen-bond donors (Lipinski definition) is 0. The van der Waals surface area contributed by atoms with E-state index in [1.54, 1.807) is 0 Å². The molecule has 0 spiro atoms. The van der Waals surface area contributed by atoms with E-state index in [4.69, 9.17) is 9.47 Å². The Balaban J connectivity index is 1.77. The first-order valence-electron chi connectivity index (χ1n) is 7.11. The molecule has 2 nitrogen and oxygen atoms in total. The summed E-state index contributed by atoms with van der Waals surface area (Å²) >= 11 is 0. The number of benzene rings is 1. The van der Waals surface area contributed by atoms with Gasteiger partial charge in [0.15, 0.2) is 0 Å². The highest BCUT2D eigenvalue weighted by Gasteiger charge is 2.27. The zero-order chi connectivity index (χ0) is 13.6. The molecule has 1 heterocycles. The van der Waals surface area contributed by atoms with Crippen LogP contribution in [0.1, 0.15) is 38.7 Å². The number of rotatable bonds is 5. The molecule has 0 saturated carbocycles. The molecule has 19 heavy (non-hydrogen) atoms. The van der Waals surface area contributed by atoms with Crippen molar-refractivity contribution in [2.24, 2.45) is 5.41 Å². The Morgan fingerprint density at radius 3 is 2.84 bits per heavy atom. The molecular weight excluding hydrogens is 236 g/mol. The average Bonchev–Trinajstić information content (AvgIpc) is 2.45. The highest BCUT2D eigenvalue weighted by atomic mass is 16.5. The van der Waals surface area contributed by atoms with Crippen molar-refractivity contribution in [2.45, 2.75) is 33.1 Å². The number of ether oxygens (including phenoxy) is 2. The van der Waals surface area contributed by atoms with Gasteiger partial charge in [0.1, 0.15) is 0 Å². The fourth-order valence-corrected chi connectivity index (χ4v) is 2.45. The van der Waals surface area contributed by atoms with Crippen molar-refractivity contribution in [3.8, 4) is 0 Å². The van der Waals surface area contributed by atoms with Crippen molar-refractivity contribution in [2.75, 3.05) is 19.8 Å². The molecule has 1 unspecified atom stereocenters. The molecule has 1 aromatic rings. The molecule has 1 atom stereocenters. The second-order valence-corrected chi connectivity index (χ2v) is 5.75. The molecule has 0 aromatic heterocycles. The highest BCUT2D eigenvalue weighted by Crippen LogP contribution is 2.31.